The van der Waals surface area contributed by atoms with Crippen molar-refractivity contribution in [1.29, 1.82) is 0 Å². The van der Waals surface area contributed by atoms with Crippen LogP contribution in [0, 0.1) is 0 Å². The molecule has 4 rings (SSSR count). The summed E-state index contributed by atoms with van der Waals surface area (Å²) in [6, 6.07) is 15.1. The van der Waals surface area contributed by atoms with E-state index in [0.29, 0.717) is 36.4 Å². The molecule has 2 heterocycles. The largest absolute Gasteiger partial charge is 0.494 e. The summed E-state index contributed by atoms with van der Waals surface area (Å²) in [5.41, 5.74) is 2.51. The van der Waals surface area contributed by atoms with Gasteiger partial charge in [0.25, 0.3) is 0 Å². The molecule has 3 aromatic rings. The maximum Gasteiger partial charge on any atom is 0.246 e. The maximum atomic E-state index is 12.0. The topological polar surface area (TPSA) is 92.5 Å². The predicted octanol–water partition coefficient (Wildman–Crippen LogP) is 3.75. The molecule has 0 spiro atoms. The average molecular weight is 438 g/mol. The zero-order chi connectivity index (χ0) is 21.6. The van der Waals surface area contributed by atoms with E-state index < -0.39 is 0 Å². The maximum absolute atomic E-state index is 12.0. The predicted molar refractivity (Wildman–Crippen MR) is 122 cm³/mol. The molecule has 2 aromatic carbocycles. The molecular formula is C22H23N5O3S. The standard InChI is InChI=1S/C22H23N5O3S/c1-2-29-18-10-8-15(9-11-18)21-25-19(30-26-21)14-23-22(31)24-16-5-3-6-17(13-16)27-12-4-7-20(27)28/h3,5-6,8-11,13H,2,4,7,12,14H2,1H3,(H2,23,24,31). The van der Waals surface area contributed by atoms with Crippen molar-refractivity contribution < 1.29 is 14.1 Å². The number of carbonyl (C=O) groups is 1. The summed E-state index contributed by atoms with van der Waals surface area (Å²) < 4.78 is 10.8. The molecule has 8 nitrogen and oxygen atoms in total. The number of benzene rings is 2. The molecule has 0 aliphatic carbocycles. The van der Waals surface area contributed by atoms with E-state index in [1.807, 2.05) is 55.5 Å². The first-order valence-corrected chi connectivity index (χ1v) is 10.5. The number of carbonyl (C=O) groups excluding carboxylic acids is 1. The van der Waals surface area contributed by atoms with Gasteiger partial charge in [-0.1, -0.05) is 11.2 Å². The van der Waals surface area contributed by atoms with Gasteiger partial charge in [-0.15, -0.1) is 0 Å². The minimum absolute atomic E-state index is 0.151. The van der Waals surface area contributed by atoms with Crippen LogP contribution in [0.2, 0.25) is 0 Å². The highest BCUT2D eigenvalue weighted by molar-refractivity contribution is 7.80. The van der Waals surface area contributed by atoms with Crippen molar-refractivity contribution in [2.45, 2.75) is 26.3 Å². The van der Waals surface area contributed by atoms with Crippen molar-refractivity contribution >= 4 is 34.6 Å². The summed E-state index contributed by atoms with van der Waals surface area (Å²) in [5.74, 6) is 1.87. The second-order valence-corrected chi connectivity index (χ2v) is 7.38. The molecule has 0 saturated carbocycles. The lowest BCUT2D eigenvalue weighted by Crippen LogP contribution is -2.28. The summed E-state index contributed by atoms with van der Waals surface area (Å²) in [5, 5.41) is 10.6. The van der Waals surface area contributed by atoms with Crippen molar-refractivity contribution in [2.24, 2.45) is 0 Å². The number of anilines is 2. The van der Waals surface area contributed by atoms with Gasteiger partial charge in [0.05, 0.1) is 13.2 Å². The first-order valence-electron chi connectivity index (χ1n) is 10.1. The number of rotatable bonds is 7. The number of hydrogen-bond acceptors (Lipinski definition) is 6. The van der Waals surface area contributed by atoms with Gasteiger partial charge in [0.15, 0.2) is 5.11 Å². The van der Waals surface area contributed by atoms with Crippen LogP contribution >= 0.6 is 12.2 Å². The molecule has 2 N–H and O–H groups in total. The summed E-state index contributed by atoms with van der Waals surface area (Å²) in [7, 11) is 0. The zero-order valence-electron chi connectivity index (χ0n) is 17.1. The summed E-state index contributed by atoms with van der Waals surface area (Å²) >= 11 is 5.37. The van der Waals surface area contributed by atoms with E-state index in [1.54, 1.807) is 4.90 Å². The Bertz CT molecular complexity index is 1070. The number of nitrogens with zero attached hydrogens (tertiary/aromatic N) is 3. The van der Waals surface area contributed by atoms with Crippen molar-refractivity contribution in [1.82, 2.24) is 15.5 Å². The van der Waals surface area contributed by atoms with E-state index in [0.717, 1.165) is 35.7 Å². The molecule has 0 radical (unpaired) electrons. The second kappa shape index (κ2) is 9.57. The van der Waals surface area contributed by atoms with Crippen LogP contribution in [0.25, 0.3) is 11.4 Å². The zero-order valence-corrected chi connectivity index (χ0v) is 17.9. The first-order chi connectivity index (χ1) is 15.1. The molecule has 1 aliphatic rings. The number of nitrogens with one attached hydrogen (secondary N) is 2. The van der Waals surface area contributed by atoms with Crippen molar-refractivity contribution in [3.63, 3.8) is 0 Å². The molecule has 0 unspecified atom stereocenters. The Morgan fingerprint density at radius 2 is 2.10 bits per heavy atom. The van der Waals surface area contributed by atoms with E-state index in [2.05, 4.69) is 20.8 Å². The number of hydrogen-bond donors (Lipinski definition) is 2. The van der Waals surface area contributed by atoms with Gasteiger partial charge in [-0.2, -0.15) is 4.98 Å². The fraction of sp³-hybridized carbons (Fsp3) is 0.273. The summed E-state index contributed by atoms with van der Waals surface area (Å²) in [4.78, 5) is 18.1. The van der Waals surface area contributed by atoms with E-state index in [4.69, 9.17) is 21.5 Å². The van der Waals surface area contributed by atoms with E-state index in [9.17, 15) is 4.79 Å². The van der Waals surface area contributed by atoms with E-state index >= 15 is 0 Å². The van der Waals surface area contributed by atoms with Gasteiger partial charge in [-0.05, 0) is 68.0 Å². The van der Waals surface area contributed by atoms with Gasteiger partial charge in [-0.3, -0.25) is 4.79 Å². The number of amides is 1. The molecule has 1 saturated heterocycles. The first kappa shape index (κ1) is 20.8. The Balaban J connectivity index is 1.32. The van der Waals surface area contributed by atoms with Gasteiger partial charge >= 0.3 is 0 Å². The Hall–Kier alpha value is -3.46. The van der Waals surface area contributed by atoms with E-state index in [-0.39, 0.29) is 5.91 Å². The molecule has 160 valence electrons. The van der Waals surface area contributed by atoms with Crippen molar-refractivity contribution in [3.05, 3.63) is 54.4 Å². The van der Waals surface area contributed by atoms with Crippen molar-refractivity contribution in [3.8, 4) is 17.1 Å². The lowest BCUT2D eigenvalue weighted by atomic mass is 10.2. The van der Waals surface area contributed by atoms with Gasteiger partial charge in [0.1, 0.15) is 5.75 Å². The third kappa shape index (κ3) is 5.18. The molecule has 1 amide bonds. The Kier molecular flexibility index (Phi) is 6.42. The molecule has 31 heavy (non-hydrogen) atoms. The van der Waals surface area contributed by atoms with Crippen LogP contribution in [0.1, 0.15) is 25.7 Å². The van der Waals surface area contributed by atoms with Gasteiger partial charge < -0.3 is 24.8 Å². The van der Waals surface area contributed by atoms with Crippen LogP contribution in [-0.2, 0) is 11.3 Å². The number of aromatic nitrogens is 2. The van der Waals surface area contributed by atoms with Gasteiger partial charge in [0.2, 0.25) is 17.6 Å². The van der Waals surface area contributed by atoms with Crippen LogP contribution < -0.4 is 20.3 Å². The van der Waals surface area contributed by atoms with Crippen LogP contribution in [-0.4, -0.2) is 34.3 Å². The fourth-order valence-electron chi connectivity index (χ4n) is 3.31. The quantitative estimate of drug-likeness (QED) is 0.540. The smallest absolute Gasteiger partial charge is 0.246 e. The lowest BCUT2D eigenvalue weighted by Gasteiger charge is -2.17. The third-order valence-corrected chi connectivity index (χ3v) is 5.03. The second-order valence-electron chi connectivity index (χ2n) is 6.98. The number of thiocarbonyl (C=S) groups is 1. The molecule has 9 heteroatoms. The molecule has 0 bridgehead atoms. The van der Waals surface area contributed by atoms with E-state index in [1.165, 1.54) is 0 Å². The monoisotopic (exact) mass is 437 g/mol. The Morgan fingerprint density at radius 3 is 2.84 bits per heavy atom. The molecule has 1 aliphatic heterocycles. The summed E-state index contributed by atoms with van der Waals surface area (Å²) in [6.07, 6.45) is 1.49. The average Bonchev–Trinajstić information content (AvgIpc) is 3.42. The van der Waals surface area contributed by atoms with Crippen LogP contribution in [0.3, 0.4) is 0 Å². The Morgan fingerprint density at radius 1 is 1.26 bits per heavy atom. The minimum atomic E-state index is 0.151. The minimum Gasteiger partial charge on any atom is -0.494 e. The molecule has 1 fully saturated rings. The van der Waals surface area contributed by atoms with Crippen molar-refractivity contribution in [2.75, 3.05) is 23.4 Å². The fourth-order valence-corrected chi connectivity index (χ4v) is 3.50. The highest BCUT2D eigenvalue weighted by atomic mass is 32.1. The van der Waals surface area contributed by atoms with Crippen LogP contribution in [0.15, 0.2) is 53.1 Å². The van der Waals surface area contributed by atoms with Crippen LogP contribution in [0.4, 0.5) is 11.4 Å². The third-order valence-electron chi connectivity index (χ3n) is 4.78. The van der Waals surface area contributed by atoms with Gasteiger partial charge in [-0.25, -0.2) is 0 Å². The highest BCUT2D eigenvalue weighted by Crippen LogP contribution is 2.24. The van der Waals surface area contributed by atoms with Gasteiger partial charge in [0, 0.05) is 29.9 Å². The SMILES string of the molecule is CCOc1ccc(-c2noc(CNC(=S)Nc3cccc(N4CCCC4=O)c3)n2)cc1. The van der Waals surface area contributed by atoms with Crippen LogP contribution in [0.5, 0.6) is 5.75 Å². The lowest BCUT2D eigenvalue weighted by molar-refractivity contribution is -0.117. The normalized spacial score (nSPS) is 13.3. The Labute approximate surface area is 185 Å². The molecular weight excluding hydrogens is 414 g/mol. The number of ether oxygens (including phenoxy) is 1. The molecule has 1 aromatic heterocycles. The summed E-state index contributed by atoms with van der Waals surface area (Å²) in [6.45, 7) is 3.60. The molecule has 0 atom stereocenters. The highest BCUT2D eigenvalue weighted by Gasteiger charge is 2.21.